The number of nitrogens with one attached hydrogen (secondary N) is 1. The molecule has 0 atom stereocenters. The van der Waals surface area contributed by atoms with E-state index in [-0.39, 0.29) is 0 Å². The lowest BCUT2D eigenvalue weighted by molar-refractivity contribution is -0.147. The second-order valence-corrected chi connectivity index (χ2v) is 6.13. The number of hydrogen-bond donors (Lipinski definition) is 2. The summed E-state index contributed by atoms with van der Waals surface area (Å²) in [4.78, 5) is 10.9. The van der Waals surface area contributed by atoms with Gasteiger partial charge in [0.1, 0.15) is 0 Å². The third kappa shape index (κ3) is 4.59. The van der Waals surface area contributed by atoms with Gasteiger partial charge in [0.2, 0.25) is 0 Å². The number of carbonyl (C=O) groups is 1. The molecular weight excluding hydrogens is 318 g/mol. The number of benzene rings is 1. The predicted molar refractivity (Wildman–Crippen MR) is 76.9 cm³/mol. The van der Waals surface area contributed by atoms with Crippen molar-refractivity contribution in [2.75, 3.05) is 6.54 Å². The quantitative estimate of drug-likeness (QED) is 0.780. The van der Waals surface area contributed by atoms with E-state index in [1.54, 1.807) is 13.8 Å². The second kappa shape index (κ2) is 6.55. The molecule has 0 bridgehead atoms. The summed E-state index contributed by atoms with van der Waals surface area (Å²) in [5.74, 6) is -0.765. The number of aliphatic carboxylic acids is 1. The van der Waals surface area contributed by atoms with Crippen molar-refractivity contribution >= 4 is 33.5 Å². The lowest BCUT2D eigenvalue weighted by atomic mass is 9.90. The first-order valence-electron chi connectivity index (χ1n) is 5.71. The summed E-state index contributed by atoms with van der Waals surface area (Å²) in [5.41, 5.74) is 0.424. The molecule has 0 spiro atoms. The van der Waals surface area contributed by atoms with E-state index in [4.69, 9.17) is 16.7 Å². The highest BCUT2D eigenvalue weighted by Crippen LogP contribution is 2.23. The van der Waals surface area contributed by atoms with Crippen LogP contribution in [-0.2, 0) is 11.3 Å². The number of hydrogen-bond acceptors (Lipinski definition) is 2. The van der Waals surface area contributed by atoms with Gasteiger partial charge in [-0.1, -0.05) is 17.7 Å². The molecule has 0 amide bonds. The number of rotatable bonds is 6. The topological polar surface area (TPSA) is 49.3 Å². The van der Waals surface area contributed by atoms with E-state index in [1.807, 2.05) is 18.2 Å². The molecule has 100 valence electrons. The van der Waals surface area contributed by atoms with Crippen LogP contribution in [0.2, 0.25) is 5.02 Å². The Morgan fingerprint density at radius 1 is 1.50 bits per heavy atom. The number of carboxylic acids is 1. The molecule has 0 aliphatic rings. The summed E-state index contributed by atoms with van der Waals surface area (Å²) >= 11 is 9.27. The number of halogens is 2. The van der Waals surface area contributed by atoms with E-state index < -0.39 is 11.4 Å². The van der Waals surface area contributed by atoms with Crippen LogP contribution in [0.25, 0.3) is 0 Å². The van der Waals surface area contributed by atoms with E-state index in [1.165, 1.54) is 0 Å². The third-order valence-corrected chi connectivity index (χ3v) is 4.03. The minimum atomic E-state index is -0.765. The second-order valence-electron chi connectivity index (χ2n) is 4.86. The molecule has 0 saturated carbocycles. The van der Waals surface area contributed by atoms with Gasteiger partial charge in [-0.15, -0.1) is 0 Å². The monoisotopic (exact) mass is 333 g/mol. The van der Waals surface area contributed by atoms with Gasteiger partial charge in [0, 0.05) is 11.0 Å². The fourth-order valence-corrected chi connectivity index (χ4v) is 1.93. The minimum Gasteiger partial charge on any atom is -0.481 e. The van der Waals surface area contributed by atoms with Crippen LogP contribution in [0.4, 0.5) is 0 Å². The summed E-state index contributed by atoms with van der Waals surface area (Å²) in [6, 6.07) is 5.74. The third-order valence-electron chi connectivity index (χ3n) is 2.82. The Bertz CT molecular complexity index is 435. The van der Waals surface area contributed by atoms with Crippen LogP contribution in [-0.4, -0.2) is 17.6 Å². The van der Waals surface area contributed by atoms with Crippen molar-refractivity contribution in [2.45, 2.75) is 26.8 Å². The fraction of sp³-hybridized carbons (Fsp3) is 0.462. The molecule has 5 heteroatoms. The van der Waals surface area contributed by atoms with Crippen molar-refractivity contribution < 1.29 is 9.90 Å². The van der Waals surface area contributed by atoms with Gasteiger partial charge < -0.3 is 10.4 Å². The highest BCUT2D eigenvalue weighted by molar-refractivity contribution is 9.10. The SMILES string of the molecule is CC(C)(CCNCc1ccc(Cl)c(Br)c1)C(=O)O. The van der Waals surface area contributed by atoms with Crippen molar-refractivity contribution in [1.29, 1.82) is 0 Å². The van der Waals surface area contributed by atoms with Gasteiger partial charge in [-0.25, -0.2) is 0 Å². The van der Waals surface area contributed by atoms with Crippen LogP contribution in [0, 0.1) is 5.41 Å². The standard InChI is InChI=1S/C13H17BrClNO2/c1-13(2,12(17)18)5-6-16-8-9-3-4-11(15)10(14)7-9/h3-4,7,16H,5-6,8H2,1-2H3,(H,17,18). The smallest absolute Gasteiger partial charge is 0.309 e. The summed E-state index contributed by atoms with van der Waals surface area (Å²) in [6.45, 7) is 4.83. The van der Waals surface area contributed by atoms with E-state index in [2.05, 4.69) is 21.2 Å². The Morgan fingerprint density at radius 2 is 2.17 bits per heavy atom. The zero-order chi connectivity index (χ0) is 13.8. The molecule has 2 N–H and O–H groups in total. The van der Waals surface area contributed by atoms with E-state index in [0.717, 1.165) is 10.0 Å². The molecule has 0 unspecified atom stereocenters. The van der Waals surface area contributed by atoms with Gasteiger partial charge in [0.05, 0.1) is 10.4 Å². The first-order valence-corrected chi connectivity index (χ1v) is 6.88. The molecular formula is C13H17BrClNO2. The molecule has 0 heterocycles. The first-order chi connectivity index (χ1) is 8.33. The zero-order valence-electron chi connectivity index (χ0n) is 10.5. The van der Waals surface area contributed by atoms with Gasteiger partial charge in [0.25, 0.3) is 0 Å². The Hall–Kier alpha value is -0.580. The normalized spacial score (nSPS) is 11.6. The van der Waals surface area contributed by atoms with Gasteiger partial charge in [-0.3, -0.25) is 4.79 Å². The lowest BCUT2D eigenvalue weighted by Gasteiger charge is -2.19. The summed E-state index contributed by atoms with van der Waals surface area (Å²) in [5, 5.41) is 12.9. The maximum Gasteiger partial charge on any atom is 0.309 e. The van der Waals surface area contributed by atoms with Gasteiger partial charge in [-0.05, 0) is 60.4 Å². The van der Waals surface area contributed by atoms with Crippen LogP contribution >= 0.6 is 27.5 Å². The Balaban J connectivity index is 2.38. The summed E-state index contributed by atoms with van der Waals surface area (Å²) in [7, 11) is 0. The van der Waals surface area contributed by atoms with E-state index in [0.29, 0.717) is 24.5 Å². The molecule has 0 aliphatic carbocycles. The van der Waals surface area contributed by atoms with Gasteiger partial charge in [0.15, 0.2) is 0 Å². The van der Waals surface area contributed by atoms with Crippen molar-refractivity contribution in [3.63, 3.8) is 0 Å². The van der Waals surface area contributed by atoms with Crippen molar-refractivity contribution in [2.24, 2.45) is 5.41 Å². The molecule has 0 radical (unpaired) electrons. The predicted octanol–water partition coefficient (Wildman–Crippen LogP) is 3.69. The Kier molecular flexibility index (Phi) is 5.63. The van der Waals surface area contributed by atoms with E-state index in [9.17, 15) is 4.79 Å². The molecule has 1 rings (SSSR count). The highest BCUT2D eigenvalue weighted by Gasteiger charge is 2.25. The van der Waals surface area contributed by atoms with Crippen molar-refractivity contribution in [3.05, 3.63) is 33.3 Å². The minimum absolute atomic E-state index is 0.594. The maximum atomic E-state index is 10.9. The molecule has 0 fully saturated rings. The van der Waals surface area contributed by atoms with Crippen LogP contribution in [0.1, 0.15) is 25.8 Å². The highest BCUT2D eigenvalue weighted by atomic mass is 79.9. The van der Waals surface area contributed by atoms with Crippen molar-refractivity contribution in [1.82, 2.24) is 5.32 Å². The average molecular weight is 335 g/mol. The molecule has 0 aromatic heterocycles. The largest absolute Gasteiger partial charge is 0.481 e. The lowest BCUT2D eigenvalue weighted by Crippen LogP contribution is -2.28. The van der Waals surface area contributed by atoms with Gasteiger partial charge in [-0.2, -0.15) is 0 Å². The molecule has 18 heavy (non-hydrogen) atoms. The number of carboxylic acid groups (broad SMARTS) is 1. The zero-order valence-corrected chi connectivity index (χ0v) is 12.8. The summed E-state index contributed by atoms with van der Waals surface area (Å²) in [6.07, 6.45) is 0.594. The van der Waals surface area contributed by atoms with Crippen LogP contribution < -0.4 is 5.32 Å². The average Bonchev–Trinajstić information content (AvgIpc) is 2.29. The Labute approximate surface area is 121 Å². The fourth-order valence-electron chi connectivity index (χ4n) is 1.39. The molecule has 0 aliphatic heterocycles. The Morgan fingerprint density at radius 3 is 2.72 bits per heavy atom. The molecule has 0 saturated heterocycles. The molecule has 1 aromatic carbocycles. The van der Waals surface area contributed by atoms with Gasteiger partial charge >= 0.3 is 5.97 Å². The van der Waals surface area contributed by atoms with Crippen LogP contribution in [0.15, 0.2) is 22.7 Å². The summed E-state index contributed by atoms with van der Waals surface area (Å²) < 4.78 is 0.870. The molecule has 3 nitrogen and oxygen atoms in total. The van der Waals surface area contributed by atoms with Crippen LogP contribution in [0.5, 0.6) is 0 Å². The first kappa shape index (κ1) is 15.5. The maximum absolute atomic E-state index is 10.9. The van der Waals surface area contributed by atoms with Crippen LogP contribution in [0.3, 0.4) is 0 Å². The molecule has 1 aromatic rings. The van der Waals surface area contributed by atoms with E-state index >= 15 is 0 Å². The van der Waals surface area contributed by atoms with Crippen molar-refractivity contribution in [3.8, 4) is 0 Å².